The second-order valence-electron chi connectivity index (χ2n) is 18.7. The van der Waals surface area contributed by atoms with Gasteiger partial charge in [0.05, 0.1) is 5.41 Å². The van der Waals surface area contributed by atoms with Crippen LogP contribution < -0.4 is 9.64 Å². The van der Waals surface area contributed by atoms with Gasteiger partial charge in [0.15, 0.2) is 0 Å². The van der Waals surface area contributed by atoms with Crippen LogP contribution in [-0.2, 0) is 5.41 Å². The number of fused-ring (bicyclic) bond motifs is 20. The lowest BCUT2D eigenvalue weighted by Crippen LogP contribution is -2.29. The first-order valence-corrected chi connectivity index (χ1v) is 24.1. The van der Waals surface area contributed by atoms with Gasteiger partial charge in [0, 0.05) is 39.0 Å². The van der Waals surface area contributed by atoms with Gasteiger partial charge in [-0.1, -0.05) is 182 Å². The maximum atomic E-state index is 6.79. The minimum atomic E-state index is -0.662. The molecule has 1 unspecified atom stereocenters. The van der Waals surface area contributed by atoms with Gasteiger partial charge in [0.1, 0.15) is 22.7 Å². The van der Waals surface area contributed by atoms with Crippen LogP contribution >= 0.6 is 0 Å². The molecule has 2 aliphatic carbocycles. The molecule has 12 aromatic rings. The Balaban J connectivity index is 1.01. The number of ether oxygens (including phenoxy) is 1. The molecular weight excluding hydrogens is 851 g/mol. The Labute approximate surface area is 405 Å². The highest BCUT2D eigenvalue weighted by Gasteiger charge is 2.50. The van der Waals surface area contributed by atoms with Crippen LogP contribution in [0.3, 0.4) is 0 Å². The lowest BCUT2D eigenvalue weighted by atomic mass is 9.65. The van der Waals surface area contributed by atoms with Gasteiger partial charge in [0.2, 0.25) is 0 Å². The average molecular weight is 892 g/mol. The van der Waals surface area contributed by atoms with Crippen LogP contribution in [0.5, 0.6) is 11.5 Å². The van der Waals surface area contributed by atoms with Crippen molar-refractivity contribution in [1.82, 2.24) is 0 Å². The fourth-order valence-electron chi connectivity index (χ4n) is 12.1. The molecule has 15 rings (SSSR count). The zero-order valence-electron chi connectivity index (χ0n) is 37.9. The molecule has 0 radical (unpaired) electrons. The maximum Gasteiger partial charge on any atom is 0.136 e. The number of furan rings is 1. The van der Waals surface area contributed by atoms with Gasteiger partial charge in [-0.2, -0.15) is 0 Å². The lowest BCUT2D eigenvalue weighted by molar-refractivity contribution is 0.488. The van der Waals surface area contributed by atoms with Crippen molar-refractivity contribution in [2.75, 3.05) is 4.90 Å². The highest BCUT2D eigenvalue weighted by atomic mass is 16.5. The summed E-state index contributed by atoms with van der Waals surface area (Å²) in [6, 6.07) is 90.8. The number of rotatable bonds is 4. The van der Waals surface area contributed by atoms with Crippen LogP contribution in [0.1, 0.15) is 22.3 Å². The predicted molar refractivity (Wildman–Crippen MR) is 287 cm³/mol. The first-order valence-electron chi connectivity index (χ1n) is 24.1. The van der Waals surface area contributed by atoms with E-state index >= 15 is 0 Å². The van der Waals surface area contributed by atoms with Crippen molar-refractivity contribution in [2.24, 2.45) is 0 Å². The molecule has 326 valence electrons. The second-order valence-corrected chi connectivity index (χ2v) is 18.7. The summed E-state index contributed by atoms with van der Waals surface area (Å²) < 4.78 is 13.4. The first-order chi connectivity index (χ1) is 34.7. The summed E-state index contributed by atoms with van der Waals surface area (Å²) >= 11 is 0. The van der Waals surface area contributed by atoms with E-state index in [-0.39, 0.29) is 0 Å². The monoisotopic (exact) mass is 891 g/mol. The highest BCUT2D eigenvalue weighted by molar-refractivity contribution is 6.09. The molecule has 0 bridgehead atoms. The quantitative estimate of drug-likeness (QED) is 0.176. The third-order valence-corrected chi connectivity index (χ3v) is 15.1. The van der Waals surface area contributed by atoms with Gasteiger partial charge < -0.3 is 14.1 Å². The molecule has 1 aliphatic heterocycles. The summed E-state index contributed by atoms with van der Waals surface area (Å²) in [7, 11) is 0. The van der Waals surface area contributed by atoms with E-state index in [4.69, 9.17) is 9.15 Å². The van der Waals surface area contributed by atoms with Crippen LogP contribution in [0.15, 0.2) is 253 Å². The molecule has 11 aromatic carbocycles. The molecular formula is C67H41NO2. The number of nitrogens with zero attached hydrogens (tertiary/aromatic N) is 1. The zero-order valence-corrected chi connectivity index (χ0v) is 37.9. The molecule has 1 atom stereocenters. The fraction of sp³-hybridized carbons (Fsp3) is 0.0149. The Bertz CT molecular complexity index is 4110. The van der Waals surface area contributed by atoms with Crippen molar-refractivity contribution in [2.45, 2.75) is 5.41 Å². The largest absolute Gasteiger partial charge is 0.456 e. The minimum absolute atomic E-state index is 0.662. The van der Waals surface area contributed by atoms with Crippen molar-refractivity contribution in [3.63, 3.8) is 0 Å². The number of anilines is 3. The molecule has 3 nitrogen and oxygen atoms in total. The fourth-order valence-corrected chi connectivity index (χ4v) is 12.1. The first kappa shape index (κ1) is 38.9. The van der Waals surface area contributed by atoms with E-state index in [1.165, 1.54) is 66.8 Å². The number of hydrogen-bond acceptors (Lipinski definition) is 3. The van der Waals surface area contributed by atoms with Crippen LogP contribution in [0.4, 0.5) is 17.1 Å². The van der Waals surface area contributed by atoms with E-state index in [9.17, 15) is 0 Å². The van der Waals surface area contributed by atoms with E-state index in [2.05, 4.69) is 248 Å². The zero-order chi connectivity index (χ0) is 45.9. The Morgan fingerprint density at radius 2 is 0.757 bits per heavy atom. The molecule has 0 amide bonds. The van der Waals surface area contributed by atoms with Crippen LogP contribution in [-0.4, -0.2) is 0 Å². The van der Waals surface area contributed by atoms with E-state index in [0.717, 1.165) is 72.8 Å². The molecule has 70 heavy (non-hydrogen) atoms. The van der Waals surface area contributed by atoms with E-state index in [1.54, 1.807) is 0 Å². The van der Waals surface area contributed by atoms with Gasteiger partial charge in [-0.15, -0.1) is 0 Å². The standard InChI is InChI=1S/C67H41NO2/c1-2-16-42(17-3-1)43-30-32-44(33-31-43)68(46-35-37-65-57(39-46)50-21-7-5-19-48(50)53-24-10-14-28-63(53)69-65)45-34-36-61-55(38-45)49-20-6-4-18-47(49)51-22-8-12-26-59(51)67(61)60-27-13-9-23-52(60)56-41-66-58(40-62(56)67)54-25-11-15-29-64(54)70-66/h1-41H. The van der Waals surface area contributed by atoms with Crippen molar-refractivity contribution in [3.05, 3.63) is 271 Å². The summed E-state index contributed by atoms with van der Waals surface area (Å²) in [6.45, 7) is 0. The van der Waals surface area contributed by atoms with E-state index in [0.29, 0.717) is 0 Å². The van der Waals surface area contributed by atoms with Gasteiger partial charge in [-0.25, -0.2) is 0 Å². The molecule has 0 fully saturated rings. The Kier molecular flexibility index (Phi) is 8.28. The van der Waals surface area contributed by atoms with Gasteiger partial charge in [-0.05, 0) is 145 Å². The Morgan fingerprint density at radius 3 is 1.50 bits per heavy atom. The van der Waals surface area contributed by atoms with Gasteiger partial charge >= 0.3 is 0 Å². The molecule has 3 heteroatoms. The summed E-state index contributed by atoms with van der Waals surface area (Å²) in [6.07, 6.45) is 0. The van der Waals surface area contributed by atoms with Gasteiger partial charge in [0.25, 0.3) is 0 Å². The smallest absolute Gasteiger partial charge is 0.136 e. The summed E-state index contributed by atoms with van der Waals surface area (Å²) in [5.74, 6) is 1.68. The van der Waals surface area contributed by atoms with Crippen molar-refractivity contribution >= 4 is 39.0 Å². The number of para-hydroxylation sites is 2. The third-order valence-electron chi connectivity index (χ3n) is 15.1. The molecule has 0 saturated heterocycles. The summed E-state index contributed by atoms with van der Waals surface area (Å²) in [4.78, 5) is 2.42. The van der Waals surface area contributed by atoms with Crippen molar-refractivity contribution in [3.8, 4) is 78.3 Å². The summed E-state index contributed by atoms with van der Waals surface area (Å²) in [5, 5.41) is 2.25. The highest BCUT2D eigenvalue weighted by Crippen LogP contribution is 2.63. The van der Waals surface area contributed by atoms with E-state index < -0.39 is 5.41 Å². The van der Waals surface area contributed by atoms with Crippen molar-refractivity contribution in [1.29, 1.82) is 0 Å². The van der Waals surface area contributed by atoms with E-state index in [1.807, 2.05) is 6.07 Å². The molecule has 1 aromatic heterocycles. The average Bonchev–Trinajstić information content (AvgIpc) is 3.85. The topological polar surface area (TPSA) is 25.6 Å². The lowest BCUT2D eigenvalue weighted by Gasteiger charge is -2.36. The Hall–Kier alpha value is -9.18. The normalized spacial score (nSPS) is 14.5. The second kappa shape index (κ2) is 14.9. The third kappa shape index (κ3) is 5.52. The minimum Gasteiger partial charge on any atom is -0.456 e. The Morgan fingerprint density at radius 1 is 0.271 bits per heavy atom. The number of hydrogen-bond donors (Lipinski definition) is 0. The summed E-state index contributed by atoms with van der Waals surface area (Å²) in [5.41, 5.74) is 23.3. The van der Waals surface area contributed by atoms with Gasteiger partial charge in [-0.3, -0.25) is 0 Å². The molecule has 3 aliphatic rings. The molecule has 0 N–H and O–H groups in total. The number of benzene rings is 11. The van der Waals surface area contributed by atoms with Crippen LogP contribution in [0, 0.1) is 0 Å². The predicted octanol–water partition coefficient (Wildman–Crippen LogP) is 18.2. The molecule has 2 heterocycles. The van der Waals surface area contributed by atoms with Crippen LogP contribution in [0.25, 0.3) is 88.7 Å². The molecule has 0 saturated carbocycles. The molecule has 1 spiro atoms. The van der Waals surface area contributed by atoms with Crippen molar-refractivity contribution < 1.29 is 9.15 Å². The maximum absolute atomic E-state index is 6.79. The van der Waals surface area contributed by atoms with Crippen LogP contribution in [0.2, 0.25) is 0 Å². The SMILES string of the molecule is c1ccc(-c2ccc(N(c3ccc4c(c3)-c3ccccc3-c3ccccc3O4)c3ccc4c(c3)-c3ccccc3-c3ccccc3C43c4ccccc4-c4cc5oc6ccccc6c5cc43)cc2)cc1.